The fourth-order valence-electron chi connectivity index (χ4n) is 3.40. The number of nitrogens with one attached hydrogen (secondary N) is 1. The second-order valence-electron chi connectivity index (χ2n) is 7.56. The van der Waals surface area contributed by atoms with Gasteiger partial charge in [-0.25, -0.2) is 12.7 Å². The summed E-state index contributed by atoms with van der Waals surface area (Å²) < 4.78 is 26.2. The maximum atomic E-state index is 12.3. The number of nitrogens with zero attached hydrogens (tertiary/aromatic N) is 1. The minimum Gasteiger partial charge on any atom is -0.310 e. The Bertz CT molecular complexity index is 443. The largest absolute Gasteiger partial charge is 0.310 e. The zero-order valence-electron chi connectivity index (χ0n) is 14.4. The van der Waals surface area contributed by atoms with Crippen LogP contribution in [0.1, 0.15) is 47.0 Å². The smallest absolute Gasteiger partial charge is 0.214 e. The highest BCUT2D eigenvalue weighted by molar-refractivity contribution is 8.00. The molecule has 0 aromatic carbocycles. The molecule has 2 heterocycles. The van der Waals surface area contributed by atoms with Gasteiger partial charge in [0.05, 0.1) is 5.75 Å². The van der Waals surface area contributed by atoms with Gasteiger partial charge in [-0.2, -0.15) is 11.8 Å². The Kier molecular flexibility index (Phi) is 6.63. The molecule has 0 unspecified atom stereocenters. The number of hydrogen-bond donors (Lipinski definition) is 1. The first-order valence-electron chi connectivity index (χ1n) is 8.63. The number of piperidine rings is 1. The summed E-state index contributed by atoms with van der Waals surface area (Å²) in [6.45, 7) is 9.90. The van der Waals surface area contributed by atoms with Crippen molar-refractivity contribution in [1.82, 2.24) is 9.62 Å². The van der Waals surface area contributed by atoms with Crippen molar-refractivity contribution in [2.24, 2.45) is 11.8 Å². The van der Waals surface area contributed by atoms with Gasteiger partial charge in [-0.05, 0) is 31.1 Å². The molecule has 2 atom stereocenters. The van der Waals surface area contributed by atoms with Crippen molar-refractivity contribution < 1.29 is 8.42 Å². The van der Waals surface area contributed by atoms with Crippen molar-refractivity contribution in [3.05, 3.63) is 0 Å². The van der Waals surface area contributed by atoms with E-state index >= 15 is 0 Å². The van der Waals surface area contributed by atoms with Gasteiger partial charge in [0, 0.05) is 36.2 Å². The van der Waals surface area contributed by atoms with E-state index in [1.165, 1.54) is 12.2 Å². The molecule has 0 bridgehead atoms. The molecule has 2 fully saturated rings. The Balaban J connectivity index is 1.76. The third kappa shape index (κ3) is 5.11. The highest BCUT2D eigenvalue weighted by atomic mass is 32.2. The lowest BCUT2D eigenvalue weighted by Crippen LogP contribution is -2.48. The van der Waals surface area contributed by atoms with Gasteiger partial charge < -0.3 is 5.32 Å². The van der Waals surface area contributed by atoms with Gasteiger partial charge in [0.25, 0.3) is 0 Å². The van der Waals surface area contributed by atoms with E-state index in [2.05, 4.69) is 30.9 Å². The third-order valence-electron chi connectivity index (χ3n) is 4.63. The lowest BCUT2D eigenvalue weighted by Gasteiger charge is -2.33. The van der Waals surface area contributed by atoms with Crippen LogP contribution in [0.2, 0.25) is 0 Å². The molecule has 0 aromatic rings. The lowest BCUT2D eigenvalue weighted by molar-refractivity contribution is 0.273. The summed E-state index contributed by atoms with van der Waals surface area (Å²) in [6.07, 6.45) is 3.16. The average Bonchev–Trinajstić information content (AvgIpc) is 2.86. The minimum atomic E-state index is -3.05. The van der Waals surface area contributed by atoms with Gasteiger partial charge >= 0.3 is 0 Å². The second kappa shape index (κ2) is 7.86. The first-order valence-corrected chi connectivity index (χ1v) is 11.3. The van der Waals surface area contributed by atoms with Crippen LogP contribution in [0.3, 0.4) is 0 Å². The van der Waals surface area contributed by atoms with Gasteiger partial charge in [-0.3, -0.25) is 0 Å². The normalized spacial score (nSPS) is 28.8. The molecule has 2 aliphatic heterocycles. The summed E-state index contributed by atoms with van der Waals surface area (Å²) in [5.74, 6) is 2.43. The van der Waals surface area contributed by atoms with Crippen LogP contribution in [0.4, 0.5) is 0 Å². The van der Waals surface area contributed by atoms with Crippen LogP contribution in [-0.4, -0.2) is 54.7 Å². The quantitative estimate of drug-likeness (QED) is 0.801. The Hall–Kier alpha value is 0.220. The Labute approximate surface area is 140 Å². The van der Waals surface area contributed by atoms with Gasteiger partial charge in [0.2, 0.25) is 10.0 Å². The summed E-state index contributed by atoms with van der Waals surface area (Å²) in [7, 11) is -3.05. The summed E-state index contributed by atoms with van der Waals surface area (Å²) >= 11 is 2.09. The topological polar surface area (TPSA) is 49.4 Å². The van der Waals surface area contributed by atoms with Gasteiger partial charge in [0.15, 0.2) is 0 Å². The Morgan fingerprint density at radius 1 is 1.14 bits per heavy atom. The highest BCUT2D eigenvalue weighted by Crippen LogP contribution is 2.32. The summed E-state index contributed by atoms with van der Waals surface area (Å²) in [5, 5.41) is 4.55. The van der Waals surface area contributed by atoms with Crippen molar-refractivity contribution in [2.75, 3.05) is 24.6 Å². The molecule has 2 rings (SSSR count). The molecule has 4 nitrogen and oxygen atoms in total. The third-order valence-corrected chi connectivity index (χ3v) is 8.63. The fraction of sp³-hybridized carbons (Fsp3) is 1.00. The lowest BCUT2D eigenvalue weighted by atomic mass is 10.0. The van der Waals surface area contributed by atoms with Crippen LogP contribution >= 0.6 is 11.8 Å². The monoisotopic (exact) mass is 348 g/mol. The van der Waals surface area contributed by atoms with Crippen molar-refractivity contribution >= 4 is 21.8 Å². The molecular weight excluding hydrogens is 316 g/mol. The summed E-state index contributed by atoms with van der Waals surface area (Å²) in [6, 6.07) is 1.10. The van der Waals surface area contributed by atoms with E-state index in [9.17, 15) is 8.42 Å². The van der Waals surface area contributed by atoms with Crippen LogP contribution in [0.25, 0.3) is 0 Å². The SMILES string of the molecule is CC(C)CS(=O)(=O)N1CCC(N[C@H]2CS[C@@H](C(C)C)C2)CC1. The second-order valence-corrected chi connectivity index (χ2v) is 10.8. The number of hydrogen-bond acceptors (Lipinski definition) is 4. The van der Waals surface area contributed by atoms with Crippen molar-refractivity contribution in [1.29, 1.82) is 0 Å². The molecule has 1 N–H and O–H groups in total. The van der Waals surface area contributed by atoms with E-state index in [1.54, 1.807) is 4.31 Å². The molecule has 6 heteroatoms. The summed E-state index contributed by atoms with van der Waals surface area (Å²) in [5.41, 5.74) is 0. The average molecular weight is 349 g/mol. The van der Waals surface area contributed by atoms with E-state index in [-0.39, 0.29) is 11.7 Å². The van der Waals surface area contributed by atoms with E-state index in [0.29, 0.717) is 25.2 Å². The van der Waals surface area contributed by atoms with E-state index < -0.39 is 10.0 Å². The van der Waals surface area contributed by atoms with Crippen molar-refractivity contribution in [3.63, 3.8) is 0 Å². The molecule has 0 aliphatic carbocycles. The van der Waals surface area contributed by atoms with Crippen LogP contribution < -0.4 is 5.32 Å². The zero-order chi connectivity index (χ0) is 16.3. The first-order chi connectivity index (χ1) is 10.3. The maximum Gasteiger partial charge on any atom is 0.214 e. The molecule has 130 valence electrons. The van der Waals surface area contributed by atoms with E-state index in [0.717, 1.165) is 24.0 Å². The standard InChI is InChI=1S/C16H32N2O2S2/c1-12(2)11-22(19,20)18-7-5-14(6-8-18)17-15-9-16(13(3)4)21-10-15/h12-17H,5-11H2,1-4H3/t15-,16-/m1/s1. The van der Waals surface area contributed by atoms with Crippen molar-refractivity contribution in [3.8, 4) is 0 Å². The molecule has 22 heavy (non-hydrogen) atoms. The number of sulfonamides is 1. The summed E-state index contributed by atoms with van der Waals surface area (Å²) in [4.78, 5) is 0. The van der Waals surface area contributed by atoms with Crippen LogP contribution in [-0.2, 0) is 10.0 Å². The minimum absolute atomic E-state index is 0.198. The van der Waals surface area contributed by atoms with Crippen LogP contribution in [0.15, 0.2) is 0 Å². The fourth-order valence-corrected chi connectivity index (χ4v) is 6.68. The van der Waals surface area contributed by atoms with Gasteiger partial charge in [-0.15, -0.1) is 0 Å². The molecule has 2 saturated heterocycles. The molecule has 0 aromatic heterocycles. The number of thioether (sulfide) groups is 1. The predicted octanol–water partition coefficient (Wildman–Crippen LogP) is 2.56. The van der Waals surface area contributed by atoms with Gasteiger partial charge in [0.1, 0.15) is 0 Å². The molecule has 0 saturated carbocycles. The molecule has 0 spiro atoms. The predicted molar refractivity (Wildman–Crippen MR) is 95.8 cm³/mol. The Morgan fingerprint density at radius 2 is 1.77 bits per heavy atom. The molecule has 2 aliphatic rings. The number of rotatable bonds is 6. The van der Waals surface area contributed by atoms with Crippen molar-refractivity contribution in [2.45, 2.75) is 64.3 Å². The molecule has 0 radical (unpaired) electrons. The van der Waals surface area contributed by atoms with Crippen LogP contribution in [0, 0.1) is 11.8 Å². The molecule has 0 amide bonds. The van der Waals surface area contributed by atoms with E-state index in [4.69, 9.17) is 0 Å². The van der Waals surface area contributed by atoms with Gasteiger partial charge in [-0.1, -0.05) is 27.7 Å². The maximum absolute atomic E-state index is 12.3. The van der Waals surface area contributed by atoms with E-state index in [1.807, 2.05) is 13.8 Å². The molecular formula is C16H32N2O2S2. The highest BCUT2D eigenvalue weighted by Gasteiger charge is 2.32. The first kappa shape index (κ1) is 18.6. The zero-order valence-corrected chi connectivity index (χ0v) is 16.0. The Morgan fingerprint density at radius 3 is 2.27 bits per heavy atom. The van der Waals surface area contributed by atoms with Crippen LogP contribution in [0.5, 0.6) is 0 Å².